The highest BCUT2D eigenvalue weighted by Gasteiger charge is 2.12. The number of hydrogen-bond acceptors (Lipinski definition) is 5. The van der Waals surface area contributed by atoms with Gasteiger partial charge in [-0.2, -0.15) is 0 Å². The summed E-state index contributed by atoms with van der Waals surface area (Å²) in [6.45, 7) is 3.82. The van der Waals surface area contributed by atoms with E-state index in [0.29, 0.717) is 6.54 Å². The molecule has 24 heavy (non-hydrogen) atoms. The number of rotatable bonds is 7. The number of nitrogens with one attached hydrogen (secondary N) is 1. The zero-order valence-corrected chi connectivity index (χ0v) is 14.3. The average Bonchev–Trinajstić information content (AvgIpc) is 3.16. The van der Waals surface area contributed by atoms with Gasteiger partial charge in [0.25, 0.3) is 0 Å². The topological polar surface area (TPSA) is 51.6 Å². The second-order valence-electron chi connectivity index (χ2n) is 6.26. The molecule has 5 heteroatoms. The Balaban J connectivity index is 1.53. The van der Waals surface area contributed by atoms with Crippen molar-refractivity contribution in [3.8, 4) is 0 Å². The van der Waals surface area contributed by atoms with E-state index in [-0.39, 0.29) is 6.61 Å². The lowest BCUT2D eigenvalue weighted by Gasteiger charge is -2.18. The summed E-state index contributed by atoms with van der Waals surface area (Å²) < 4.78 is 0. The first-order valence-electron chi connectivity index (χ1n) is 8.62. The van der Waals surface area contributed by atoms with Gasteiger partial charge in [0, 0.05) is 50.8 Å². The molecule has 0 radical (unpaired) electrons. The summed E-state index contributed by atoms with van der Waals surface area (Å²) in [5, 5.41) is 12.4. The van der Waals surface area contributed by atoms with Gasteiger partial charge in [0.2, 0.25) is 0 Å². The van der Waals surface area contributed by atoms with Crippen LogP contribution in [0.2, 0.25) is 0 Å². The first-order chi connectivity index (χ1) is 11.8. The highest BCUT2D eigenvalue weighted by molar-refractivity contribution is 5.55. The van der Waals surface area contributed by atoms with Crippen LogP contribution in [0.15, 0.2) is 42.6 Å². The Hall–Kier alpha value is -2.27. The van der Waals surface area contributed by atoms with E-state index in [1.54, 1.807) is 0 Å². The lowest BCUT2D eigenvalue weighted by Crippen LogP contribution is -2.20. The van der Waals surface area contributed by atoms with Crippen molar-refractivity contribution in [2.45, 2.75) is 19.4 Å². The van der Waals surface area contributed by atoms with Crippen LogP contribution in [0.1, 0.15) is 18.4 Å². The normalized spacial score (nSPS) is 14.0. The van der Waals surface area contributed by atoms with E-state index in [4.69, 9.17) is 5.11 Å². The second kappa shape index (κ2) is 8.02. The fraction of sp³-hybridized carbons (Fsp3) is 0.421. The molecule has 0 atom stereocenters. The van der Waals surface area contributed by atoms with Crippen molar-refractivity contribution in [2.24, 2.45) is 0 Å². The van der Waals surface area contributed by atoms with Gasteiger partial charge in [0.05, 0.1) is 6.61 Å². The average molecular weight is 326 g/mol. The minimum absolute atomic E-state index is 0.164. The summed E-state index contributed by atoms with van der Waals surface area (Å²) in [6, 6.07) is 12.5. The minimum Gasteiger partial charge on any atom is -0.395 e. The monoisotopic (exact) mass is 326 g/mol. The van der Waals surface area contributed by atoms with Crippen molar-refractivity contribution in [3.63, 3.8) is 0 Å². The molecule has 1 saturated heterocycles. The molecule has 128 valence electrons. The van der Waals surface area contributed by atoms with Crippen LogP contribution >= 0.6 is 0 Å². The first-order valence-corrected chi connectivity index (χ1v) is 8.62. The molecule has 1 aromatic carbocycles. The Labute approximate surface area is 143 Å². The van der Waals surface area contributed by atoms with Gasteiger partial charge < -0.3 is 20.2 Å². The maximum Gasteiger partial charge on any atom is 0.128 e. The summed E-state index contributed by atoms with van der Waals surface area (Å²) in [5.74, 6) is 1.09. The third kappa shape index (κ3) is 4.17. The molecule has 2 aromatic rings. The number of aliphatic hydroxyl groups excluding tert-OH is 1. The van der Waals surface area contributed by atoms with Crippen molar-refractivity contribution >= 4 is 17.2 Å². The van der Waals surface area contributed by atoms with E-state index in [2.05, 4.69) is 51.6 Å². The Morgan fingerprint density at radius 3 is 2.50 bits per heavy atom. The molecule has 5 nitrogen and oxygen atoms in total. The van der Waals surface area contributed by atoms with Gasteiger partial charge in [0.1, 0.15) is 5.82 Å². The third-order valence-corrected chi connectivity index (χ3v) is 4.48. The molecule has 0 amide bonds. The molecule has 1 aliphatic rings. The SMILES string of the molecule is CN(CCO)c1ccc(NCc2ccc(N3CCCC3)nc2)cc1. The Morgan fingerprint density at radius 2 is 1.88 bits per heavy atom. The smallest absolute Gasteiger partial charge is 0.128 e. The molecule has 2 N–H and O–H groups in total. The van der Waals surface area contributed by atoms with Gasteiger partial charge in [0.15, 0.2) is 0 Å². The maximum absolute atomic E-state index is 8.99. The number of nitrogens with zero attached hydrogens (tertiary/aromatic N) is 3. The van der Waals surface area contributed by atoms with Crippen molar-refractivity contribution in [2.75, 3.05) is 48.4 Å². The second-order valence-corrected chi connectivity index (χ2v) is 6.26. The Bertz CT molecular complexity index is 621. The quantitative estimate of drug-likeness (QED) is 0.819. The van der Waals surface area contributed by atoms with Crippen LogP contribution in [0, 0.1) is 0 Å². The van der Waals surface area contributed by atoms with Crippen LogP contribution in [0.25, 0.3) is 0 Å². The number of aliphatic hydroxyl groups is 1. The van der Waals surface area contributed by atoms with E-state index in [1.807, 2.05) is 18.1 Å². The zero-order valence-electron chi connectivity index (χ0n) is 14.3. The molecular weight excluding hydrogens is 300 g/mol. The predicted molar refractivity (Wildman–Crippen MR) is 99.8 cm³/mol. The summed E-state index contributed by atoms with van der Waals surface area (Å²) in [7, 11) is 1.98. The molecule has 0 saturated carbocycles. The van der Waals surface area contributed by atoms with Gasteiger partial charge >= 0.3 is 0 Å². The van der Waals surface area contributed by atoms with Crippen LogP contribution < -0.4 is 15.1 Å². The molecule has 2 heterocycles. The Kier molecular flexibility index (Phi) is 5.54. The molecule has 0 unspecified atom stereocenters. The Morgan fingerprint density at radius 1 is 1.12 bits per heavy atom. The standard InChI is InChI=1S/C19H26N4O/c1-22(12-13-24)18-7-5-17(6-8-18)20-14-16-4-9-19(21-15-16)23-10-2-3-11-23/h4-9,15,20,24H,2-3,10-14H2,1H3. The van der Waals surface area contributed by atoms with E-state index in [9.17, 15) is 0 Å². The van der Waals surface area contributed by atoms with E-state index in [0.717, 1.165) is 36.8 Å². The number of aromatic nitrogens is 1. The number of anilines is 3. The molecule has 1 aliphatic heterocycles. The molecular formula is C19H26N4O. The van der Waals surface area contributed by atoms with Gasteiger partial charge in [-0.25, -0.2) is 4.98 Å². The van der Waals surface area contributed by atoms with Crippen LogP contribution in [0.4, 0.5) is 17.2 Å². The number of pyridine rings is 1. The zero-order chi connectivity index (χ0) is 16.8. The molecule has 0 aliphatic carbocycles. The van der Waals surface area contributed by atoms with Crippen LogP contribution in [0.5, 0.6) is 0 Å². The van der Waals surface area contributed by atoms with Crippen LogP contribution in [-0.4, -0.2) is 43.4 Å². The highest BCUT2D eigenvalue weighted by atomic mass is 16.3. The summed E-state index contributed by atoms with van der Waals surface area (Å²) in [4.78, 5) is 8.96. The van der Waals surface area contributed by atoms with Crippen LogP contribution in [-0.2, 0) is 6.54 Å². The molecule has 1 aromatic heterocycles. The lowest BCUT2D eigenvalue weighted by molar-refractivity contribution is 0.304. The lowest BCUT2D eigenvalue weighted by atomic mass is 10.2. The molecule has 0 bridgehead atoms. The fourth-order valence-corrected chi connectivity index (χ4v) is 2.97. The van der Waals surface area contributed by atoms with E-state index < -0.39 is 0 Å². The first kappa shape index (κ1) is 16.6. The number of benzene rings is 1. The van der Waals surface area contributed by atoms with Gasteiger partial charge in [-0.1, -0.05) is 6.07 Å². The number of likely N-dealkylation sites (N-methyl/N-ethyl adjacent to an activating group) is 1. The summed E-state index contributed by atoms with van der Waals surface area (Å²) in [6.07, 6.45) is 4.51. The fourth-order valence-electron chi connectivity index (χ4n) is 2.97. The summed E-state index contributed by atoms with van der Waals surface area (Å²) in [5.41, 5.74) is 3.37. The van der Waals surface area contributed by atoms with Gasteiger partial charge in [-0.3, -0.25) is 0 Å². The highest BCUT2D eigenvalue weighted by Crippen LogP contribution is 2.19. The third-order valence-electron chi connectivity index (χ3n) is 4.48. The maximum atomic E-state index is 8.99. The van der Waals surface area contributed by atoms with Crippen molar-refractivity contribution < 1.29 is 5.11 Å². The molecule has 0 spiro atoms. The number of hydrogen-bond donors (Lipinski definition) is 2. The van der Waals surface area contributed by atoms with Gasteiger partial charge in [-0.15, -0.1) is 0 Å². The largest absolute Gasteiger partial charge is 0.395 e. The van der Waals surface area contributed by atoms with E-state index in [1.165, 1.54) is 18.4 Å². The van der Waals surface area contributed by atoms with Crippen LogP contribution in [0.3, 0.4) is 0 Å². The molecule has 3 rings (SSSR count). The summed E-state index contributed by atoms with van der Waals surface area (Å²) >= 11 is 0. The van der Waals surface area contributed by atoms with Gasteiger partial charge in [-0.05, 0) is 48.7 Å². The van der Waals surface area contributed by atoms with E-state index >= 15 is 0 Å². The van der Waals surface area contributed by atoms with Crippen molar-refractivity contribution in [3.05, 3.63) is 48.2 Å². The minimum atomic E-state index is 0.164. The van der Waals surface area contributed by atoms with Crippen molar-refractivity contribution in [1.29, 1.82) is 0 Å². The van der Waals surface area contributed by atoms with Crippen molar-refractivity contribution in [1.82, 2.24) is 4.98 Å². The predicted octanol–water partition coefficient (Wildman–Crippen LogP) is 2.72. The molecule has 1 fully saturated rings.